The van der Waals surface area contributed by atoms with E-state index in [9.17, 15) is 4.79 Å². The number of carbonyl (C=O) groups is 1. The van der Waals surface area contributed by atoms with E-state index in [1.54, 1.807) is 12.3 Å². The van der Waals surface area contributed by atoms with Crippen LogP contribution >= 0.6 is 11.6 Å². The Labute approximate surface area is 147 Å². The van der Waals surface area contributed by atoms with Crippen molar-refractivity contribution in [3.8, 4) is 0 Å². The second-order valence-corrected chi connectivity index (χ2v) is 6.80. The van der Waals surface area contributed by atoms with Crippen molar-refractivity contribution in [3.05, 3.63) is 52.6 Å². The molecule has 1 aromatic heterocycles. The van der Waals surface area contributed by atoms with Gasteiger partial charge in [0, 0.05) is 24.0 Å². The van der Waals surface area contributed by atoms with Gasteiger partial charge in [0.1, 0.15) is 11.9 Å². The van der Waals surface area contributed by atoms with Gasteiger partial charge in [-0.05, 0) is 56.7 Å². The summed E-state index contributed by atoms with van der Waals surface area (Å²) in [5, 5.41) is 0.617. The highest BCUT2D eigenvalue weighted by Crippen LogP contribution is 2.23. The Kier molecular flexibility index (Phi) is 5.56. The van der Waals surface area contributed by atoms with Crippen LogP contribution in [0, 0.1) is 6.92 Å². The molecule has 1 aliphatic rings. The van der Waals surface area contributed by atoms with Gasteiger partial charge in [0.15, 0.2) is 0 Å². The van der Waals surface area contributed by atoms with Crippen molar-refractivity contribution < 1.29 is 9.53 Å². The van der Waals surface area contributed by atoms with Gasteiger partial charge in [-0.15, -0.1) is 0 Å². The summed E-state index contributed by atoms with van der Waals surface area (Å²) in [4.78, 5) is 16.5. The van der Waals surface area contributed by atoms with Gasteiger partial charge in [-0.3, -0.25) is 0 Å². The van der Waals surface area contributed by atoms with Gasteiger partial charge in [-0.2, -0.15) is 0 Å². The first kappa shape index (κ1) is 17.0. The fraction of sp³-hybridized carbons (Fsp3) is 0.474. The van der Waals surface area contributed by atoms with Crippen LogP contribution < -0.4 is 0 Å². The first-order valence-electron chi connectivity index (χ1n) is 8.60. The summed E-state index contributed by atoms with van der Waals surface area (Å²) in [5.74, 6) is 0.722. The highest BCUT2D eigenvalue weighted by Gasteiger charge is 2.19. The lowest BCUT2D eigenvalue weighted by Crippen LogP contribution is -2.21. The van der Waals surface area contributed by atoms with E-state index in [4.69, 9.17) is 16.3 Å². The Bertz CT molecular complexity index is 705. The molecular weight excluding hydrogens is 324 g/mol. The molecule has 0 amide bonds. The lowest BCUT2D eigenvalue weighted by atomic mass is 9.98. The van der Waals surface area contributed by atoms with Crippen molar-refractivity contribution in [1.29, 1.82) is 0 Å². The number of benzene rings is 1. The molecule has 128 valence electrons. The number of nitrogens with zero attached hydrogens (tertiary/aromatic N) is 2. The fourth-order valence-electron chi connectivity index (χ4n) is 3.16. The van der Waals surface area contributed by atoms with Gasteiger partial charge in [0.2, 0.25) is 0 Å². The number of halogens is 1. The fourth-order valence-corrected chi connectivity index (χ4v) is 3.44. The largest absolute Gasteiger partial charge is 0.459 e. The number of rotatable bonds is 5. The first-order chi connectivity index (χ1) is 11.6. The third kappa shape index (κ3) is 4.18. The van der Waals surface area contributed by atoms with Crippen LogP contribution in [0.5, 0.6) is 0 Å². The standard InChI is InChI=1S/C19H23ClN2O2/c1-14-21-10-12-22(14)11-9-15-7-8-16(13-18(15)20)19(23)24-17-5-3-2-4-6-17/h7-8,10,12-13,17H,2-6,9,11H2,1H3. The molecule has 0 N–H and O–H groups in total. The minimum Gasteiger partial charge on any atom is -0.459 e. The Morgan fingerprint density at radius 1 is 1.33 bits per heavy atom. The molecule has 0 radical (unpaired) electrons. The number of carbonyl (C=O) groups excluding carboxylic acids is 1. The molecule has 0 aliphatic heterocycles. The molecule has 3 rings (SSSR count). The molecule has 4 nitrogen and oxygen atoms in total. The first-order valence-corrected chi connectivity index (χ1v) is 8.98. The van der Waals surface area contributed by atoms with E-state index < -0.39 is 0 Å². The zero-order valence-electron chi connectivity index (χ0n) is 14.0. The van der Waals surface area contributed by atoms with E-state index in [1.807, 2.05) is 25.3 Å². The highest BCUT2D eigenvalue weighted by molar-refractivity contribution is 6.31. The van der Waals surface area contributed by atoms with Crippen LogP contribution in [0.3, 0.4) is 0 Å². The third-order valence-electron chi connectivity index (χ3n) is 4.66. The van der Waals surface area contributed by atoms with Gasteiger partial charge in [0.25, 0.3) is 0 Å². The van der Waals surface area contributed by atoms with E-state index in [0.29, 0.717) is 10.6 Å². The average Bonchev–Trinajstić information content (AvgIpc) is 2.99. The Balaban J connectivity index is 1.61. The number of esters is 1. The minimum absolute atomic E-state index is 0.0638. The number of imidazole rings is 1. The van der Waals surface area contributed by atoms with Crippen LogP contribution in [-0.2, 0) is 17.7 Å². The smallest absolute Gasteiger partial charge is 0.338 e. The molecule has 1 heterocycles. The highest BCUT2D eigenvalue weighted by atomic mass is 35.5. The van der Waals surface area contributed by atoms with Crippen molar-refractivity contribution in [2.75, 3.05) is 0 Å². The van der Waals surface area contributed by atoms with Crippen molar-refractivity contribution in [2.45, 2.75) is 58.1 Å². The molecule has 1 fully saturated rings. The summed E-state index contributed by atoms with van der Waals surface area (Å²) in [6.45, 7) is 2.80. The van der Waals surface area contributed by atoms with E-state index in [0.717, 1.165) is 50.0 Å². The quantitative estimate of drug-likeness (QED) is 0.744. The van der Waals surface area contributed by atoms with Gasteiger partial charge >= 0.3 is 5.97 Å². The Hall–Kier alpha value is -1.81. The van der Waals surface area contributed by atoms with Crippen LogP contribution in [0.2, 0.25) is 5.02 Å². The summed E-state index contributed by atoms with van der Waals surface area (Å²) in [6.07, 6.45) is 10.1. The molecule has 0 spiro atoms. The maximum atomic E-state index is 12.3. The molecule has 5 heteroatoms. The van der Waals surface area contributed by atoms with E-state index in [1.165, 1.54) is 6.42 Å². The molecule has 1 saturated carbocycles. The molecule has 0 unspecified atom stereocenters. The summed E-state index contributed by atoms with van der Waals surface area (Å²) in [5.41, 5.74) is 1.56. The Morgan fingerprint density at radius 2 is 2.12 bits per heavy atom. The van der Waals surface area contributed by atoms with Gasteiger partial charge in [-0.1, -0.05) is 24.1 Å². The number of hydrogen-bond acceptors (Lipinski definition) is 3. The molecule has 0 atom stereocenters. The van der Waals surface area contributed by atoms with Crippen LogP contribution in [0.25, 0.3) is 0 Å². The van der Waals surface area contributed by atoms with Crippen LogP contribution in [0.1, 0.15) is 53.8 Å². The molecular formula is C19H23ClN2O2. The number of ether oxygens (including phenoxy) is 1. The van der Waals surface area contributed by atoms with Crippen molar-refractivity contribution in [3.63, 3.8) is 0 Å². The Morgan fingerprint density at radius 3 is 2.79 bits per heavy atom. The summed E-state index contributed by atoms with van der Waals surface area (Å²) in [7, 11) is 0. The topological polar surface area (TPSA) is 44.1 Å². The van der Waals surface area contributed by atoms with Gasteiger partial charge < -0.3 is 9.30 Å². The minimum atomic E-state index is -0.263. The SMILES string of the molecule is Cc1nccn1CCc1ccc(C(=O)OC2CCCCC2)cc1Cl. The second-order valence-electron chi connectivity index (χ2n) is 6.39. The number of hydrogen-bond donors (Lipinski definition) is 0. The van der Waals surface area contributed by atoms with Crippen molar-refractivity contribution in [1.82, 2.24) is 9.55 Å². The van der Waals surface area contributed by atoms with Crippen molar-refractivity contribution >= 4 is 17.6 Å². The molecule has 1 aromatic carbocycles. The monoisotopic (exact) mass is 346 g/mol. The predicted molar refractivity (Wildman–Crippen MR) is 94.4 cm³/mol. The molecule has 0 bridgehead atoms. The lowest BCUT2D eigenvalue weighted by Gasteiger charge is -2.21. The van der Waals surface area contributed by atoms with E-state index in [2.05, 4.69) is 9.55 Å². The zero-order chi connectivity index (χ0) is 16.9. The molecule has 2 aromatic rings. The molecule has 0 saturated heterocycles. The maximum Gasteiger partial charge on any atom is 0.338 e. The zero-order valence-corrected chi connectivity index (χ0v) is 14.8. The van der Waals surface area contributed by atoms with Gasteiger partial charge in [-0.25, -0.2) is 9.78 Å². The van der Waals surface area contributed by atoms with Gasteiger partial charge in [0.05, 0.1) is 5.56 Å². The lowest BCUT2D eigenvalue weighted by molar-refractivity contribution is 0.0211. The van der Waals surface area contributed by atoms with Crippen LogP contribution in [0.15, 0.2) is 30.6 Å². The maximum absolute atomic E-state index is 12.3. The van der Waals surface area contributed by atoms with E-state index >= 15 is 0 Å². The molecule has 24 heavy (non-hydrogen) atoms. The predicted octanol–water partition coefficient (Wildman–Crippen LogP) is 4.58. The number of aromatic nitrogens is 2. The summed E-state index contributed by atoms with van der Waals surface area (Å²) < 4.78 is 7.68. The summed E-state index contributed by atoms with van der Waals surface area (Å²) >= 11 is 6.36. The van der Waals surface area contributed by atoms with Crippen LogP contribution in [-0.4, -0.2) is 21.6 Å². The van der Waals surface area contributed by atoms with E-state index in [-0.39, 0.29) is 12.1 Å². The van der Waals surface area contributed by atoms with Crippen LogP contribution in [0.4, 0.5) is 0 Å². The van der Waals surface area contributed by atoms with Crippen molar-refractivity contribution in [2.24, 2.45) is 0 Å². The third-order valence-corrected chi connectivity index (χ3v) is 5.01. The molecule has 1 aliphatic carbocycles. The number of aryl methyl sites for hydroxylation is 3. The second kappa shape index (κ2) is 7.84. The summed E-state index contributed by atoms with van der Waals surface area (Å²) in [6, 6.07) is 5.46. The average molecular weight is 347 g/mol. The normalized spacial score (nSPS) is 15.4.